The smallest absolute Gasteiger partial charge is 0.406 e. The van der Waals surface area contributed by atoms with E-state index < -0.39 is 6.36 Å². The van der Waals surface area contributed by atoms with E-state index in [1.165, 1.54) is 12.1 Å². The maximum Gasteiger partial charge on any atom is 0.573 e. The van der Waals surface area contributed by atoms with Gasteiger partial charge in [-0.05, 0) is 24.3 Å². The summed E-state index contributed by atoms with van der Waals surface area (Å²) < 4.78 is 39.7. The van der Waals surface area contributed by atoms with Crippen molar-refractivity contribution in [2.75, 3.05) is 18.9 Å². The van der Waals surface area contributed by atoms with Crippen LogP contribution in [0.5, 0.6) is 5.75 Å². The van der Waals surface area contributed by atoms with Gasteiger partial charge in [-0.2, -0.15) is 5.26 Å². The van der Waals surface area contributed by atoms with Crippen LogP contribution >= 0.6 is 0 Å². The summed E-state index contributed by atoms with van der Waals surface area (Å²) in [5, 5.41) is 11.3. The number of amides is 1. The fraction of sp³-hybridized carbons (Fsp3) is 0.385. The fourth-order valence-corrected chi connectivity index (χ4v) is 1.46. The predicted octanol–water partition coefficient (Wildman–Crippen LogP) is 0.950. The molecule has 0 radical (unpaired) electrons. The Balaban J connectivity index is 2.56. The van der Waals surface area contributed by atoms with Crippen LogP contribution in [0.4, 0.5) is 18.9 Å². The molecule has 0 heterocycles. The maximum absolute atomic E-state index is 12.0. The monoisotopic (exact) mass is 302 g/mol. The molecule has 1 rings (SSSR count). The highest BCUT2D eigenvalue weighted by atomic mass is 19.4. The van der Waals surface area contributed by atoms with Crippen LogP contribution in [0.2, 0.25) is 0 Å². The van der Waals surface area contributed by atoms with E-state index in [1.807, 2.05) is 6.07 Å². The number of hydrogen-bond donors (Lipinski definition) is 2. The maximum atomic E-state index is 12.0. The summed E-state index contributed by atoms with van der Waals surface area (Å²) in [7, 11) is 1.70. The number of halogens is 3. The first-order valence-electron chi connectivity index (χ1n) is 6.09. The summed E-state index contributed by atoms with van der Waals surface area (Å²) in [5.74, 6) is -0.694. The molecule has 0 bridgehead atoms. The van der Waals surface area contributed by atoms with Crippen molar-refractivity contribution in [2.24, 2.45) is 0 Å². The lowest BCUT2D eigenvalue weighted by atomic mass is 10.3. The minimum Gasteiger partial charge on any atom is -0.406 e. The Morgan fingerprint density at radius 3 is 2.48 bits per heavy atom. The number of likely N-dealkylation sites (N-methyl/N-ethyl adjacent to an activating group) is 1. The van der Waals surface area contributed by atoms with Gasteiger partial charge in [-0.3, -0.25) is 4.79 Å². The third-order valence-corrected chi connectivity index (χ3v) is 2.74. The van der Waals surface area contributed by atoms with E-state index in [0.29, 0.717) is 10.6 Å². The van der Waals surface area contributed by atoms with Crippen LogP contribution in [0.15, 0.2) is 24.3 Å². The molecule has 0 saturated carbocycles. The first kappa shape index (κ1) is 16.8. The van der Waals surface area contributed by atoms with Crippen LogP contribution in [-0.2, 0) is 4.79 Å². The third-order valence-electron chi connectivity index (χ3n) is 2.74. The highest BCUT2D eigenvalue weighted by Crippen LogP contribution is 2.23. The first-order chi connectivity index (χ1) is 9.71. The molecule has 1 amide bonds. The van der Waals surface area contributed by atoms with E-state index in [1.54, 1.807) is 14.0 Å². The SMILES string of the molecule is C[C@@H](C#N)[NH+](C)CC(=O)Nc1ccc(OC(F)(F)F)cc1. The second-order valence-electron chi connectivity index (χ2n) is 4.49. The number of benzene rings is 1. The number of ether oxygens (including phenoxy) is 1. The summed E-state index contributed by atoms with van der Waals surface area (Å²) in [4.78, 5) is 12.4. The molecule has 2 atom stereocenters. The van der Waals surface area contributed by atoms with Crippen LogP contribution in [0.1, 0.15) is 6.92 Å². The number of nitriles is 1. The summed E-state index contributed by atoms with van der Waals surface area (Å²) in [6.45, 7) is 1.77. The van der Waals surface area contributed by atoms with Crippen LogP contribution < -0.4 is 15.0 Å². The summed E-state index contributed by atoms with van der Waals surface area (Å²) in [6, 6.07) is 6.52. The summed E-state index contributed by atoms with van der Waals surface area (Å²) in [6.07, 6.45) is -4.75. The lowest BCUT2D eigenvalue weighted by Gasteiger charge is -2.15. The number of nitrogens with zero attached hydrogens (tertiary/aromatic N) is 1. The quantitative estimate of drug-likeness (QED) is 0.851. The Morgan fingerprint density at radius 2 is 2.00 bits per heavy atom. The van der Waals surface area contributed by atoms with Gasteiger partial charge in [0.2, 0.25) is 0 Å². The summed E-state index contributed by atoms with van der Waals surface area (Å²) >= 11 is 0. The Labute approximate surface area is 119 Å². The van der Waals surface area contributed by atoms with Gasteiger partial charge in [-0.1, -0.05) is 0 Å². The van der Waals surface area contributed by atoms with Crippen molar-refractivity contribution in [3.63, 3.8) is 0 Å². The molecule has 0 fully saturated rings. The molecule has 1 aromatic rings. The van der Waals surface area contributed by atoms with Gasteiger partial charge in [0.25, 0.3) is 5.91 Å². The minimum absolute atomic E-state index is 0.0789. The highest BCUT2D eigenvalue weighted by molar-refractivity contribution is 5.91. The molecule has 0 aliphatic heterocycles. The van der Waals surface area contributed by atoms with Gasteiger partial charge in [0.05, 0.1) is 7.05 Å². The molecule has 8 heteroatoms. The predicted molar refractivity (Wildman–Crippen MR) is 68.6 cm³/mol. The highest BCUT2D eigenvalue weighted by Gasteiger charge is 2.30. The second-order valence-corrected chi connectivity index (χ2v) is 4.49. The molecule has 21 heavy (non-hydrogen) atoms. The van der Waals surface area contributed by atoms with E-state index in [0.717, 1.165) is 12.1 Å². The van der Waals surface area contributed by atoms with Gasteiger partial charge in [-0.15, -0.1) is 13.2 Å². The molecule has 5 nitrogen and oxygen atoms in total. The van der Waals surface area contributed by atoms with E-state index in [-0.39, 0.29) is 24.2 Å². The number of quaternary nitrogens is 1. The van der Waals surface area contributed by atoms with E-state index in [9.17, 15) is 18.0 Å². The largest absolute Gasteiger partial charge is 0.573 e. The van der Waals surface area contributed by atoms with Crippen molar-refractivity contribution >= 4 is 11.6 Å². The standard InChI is InChI=1S/C13H14F3N3O2/c1-9(7-17)19(2)8-12(20)18-10-3-5-11(6-4-10)21-13(14,15)16/h3-6,9H,8H2,1-2H3,(H,18,20)/p+1/t9-/m0/s1. The fourth-order valence-electron chi connectivity index (χ4n) is 1.46. The van der Waals surface area contributed by atoms with Gasteiger partial charge >= 0.3 is 6.36 Å². The Hall–Kier alpha value is -2.27. The minimum atomic E-state index is -4.75. The van der Waals surface area contributed by atoms with Crippen LogP contribution in [0, 0.1) is 11.3 Å². The van der Waals surface area contributed by atoms with Crippen molar-refractivity contribution in [2.45, 2.75) is 19.3 Å². The topological polar surface area (TPSA) is 66.6 Å². The number of alkyl halides is 3. The third kappa shape index (κ3) is 6.14. The van der Waals surface area contributed by atoms with Gasteiger partial charge in [-0.25, -0.2) is 0 Å². The number of rotatable bonds is 5. The molecule has 0 spiro atoms. The van der Waals surface area contributed by atoms with E-state index in [2.05, 4.69) is 10.1 Å². The summed E-state index contributed by atoms with van der Waals surface area (Å²) in [5.41, 5.74) is 0.354. The number of carbonyl (C=O) groups is 1. The van der Waals surface area contributed by atoms with Gasteiger partial charge in [0.1, 0.15) is 11.8 Å². The molecule has 0 aliphatic carbocycles. The van der Waals surface area contributed by atoms with Crippen molar-refractivity contribution in [1.82, 2.24) is 0 Å². The number of nitrogens with one attached hydrogen (secondary N) is 2. The molecular formula is C13H15F3N3O2+. The van der Waals surface area contributed by atoms with Gasteiger partial charge in [0, 0.05) is 12.6 Å². The van der Waals surface area contributed by atoms with Crippen molar-refractivity contribution in [1.29, 1.82) is 5.26 Å². The Morgan fingerprint density at radius 1 is 1.43 bits per heavy atom. The average Bonchev–Trinajstić information content (AvgIpc) is 2.38. The zero-order valence-electron chi connectivity index (χ0n) is 11.5. The zero-order valence-corrected chi connectivity index (χ0v) is 11.5. The molecule has 1 aromatic carbocycles. The lowest BCUT2D eigenvalue weighted by Crippen LogP contribution is -3.13. The van der Waals surface area contributed by atoms with Crippen molar-refractivity contribution in [3.05, 3.63) is 24.3 Å². The van der Waals surface area contributed by atoms with Crippen LogP contribution in [-0.4, -0.2) is 31.9 Å². The molecule has 1 unspecified atom stereocenters. The molecule has 0 saturated heterocycles. The first-order valence-corrected chi connectivity index (χ1v) is 6.09. The second kappa shape index (κ2) is 6.95. The van der Waals surface area contributed by atoms with Gasteiger partial charge in [0.15, 0.2) is 12.6 Å². The molecular weight excluding hydrogens is 287 g/mol. The van der Waals surface area contributed by atoms with Gasteiger partial charge < -0.3 is 15.0 Å². The van der Waals surface area contributed by atoms with E-state index >= 15 is 0 Å². The normalized spacial score (nSPS) is 13.9. The lowest BCUT2D eigenvalue weighted by molar-refractivity contribution is -0.886. The molecule has 2 N–H and O–H groups in total. The Kier molecular flexibility index (Phi) is 5.55. The molecule has 114 valence electrons. The molecule has 0 aromatic heterocycles. The van der Waals surface area contributed by atoms with E-state index in [4.69, 9.17) is 5.26 Å². The number of anilines is 1. The van der Waals surface area contributed by atoms with Crippen molar-refractivity contribution < 1.29 is 27.6 Å². The number of carbonyl (C=O) groups excluding carboxylic acids is 1. The van der Waals surface area contributed by atoms with Crippen LogP contribution in [0.25, 0.3) is 0 Å². The number of hydrogen-bond acceptors (Lipinski definition) is 3. The van der Waals surface area contributed by atoms with Crippen molar-refractivity contribution in [3.8, 4) is 11.8 Å². The average molecular weight is 302 g/mol. The van der Waals surface area contributed by atoms with Crippen LogP contribution in [0.3, 0.4) is 0 Å². The molecule has 0 aliphatic rings. The zero-order chi connectivity index (χ0) is 16.0. The Bertz CT molecular complexity index is 523.